The van der Waals surface area contributed by atoms with Crippen molar-refractivity contribution < 1.29 is 33.0 Å². The molecule has 3 N–H and O–H groups in total. The molecule has 0 amide bonds. The Morgan fingerprint density at radius 2 is 1.35 bits per heavy atom. The largest absolute Gasteiger partial charge is 0.476 e. The van der Waals surface area contributed by atoms with Gasteiger partial charge in [-0.05, 0) is 80.1 Å². The van der Waals surface area contributed by atoms with E-state index in [2.05, 4.69) is 41.6 Å². The van der Waals surface area contributed by atoms with Crippen LogP contribution in [0, 0.1) is 11.6 Å². The Kier molecular flexibility index (Phi) is 19.3. The van der Waals surface area contributed by atoms with Crippen LogP contribution in [0.4, 0.5) is 8.78 Å². The monoisotopic (exact) mass is 722 g/mol. The van der Waals surface area contributed by atoms with Crippen LogP contribution in [-0.4, -0.2) is 58.5 Å². The average Bonchev–Trinajstić information content (AvgIpc) is 2.92. The maximum atomic E-state index is 13.1. The lowest BCUT2D eigenvalue weighted by molar-refractivity contribution is -0.148. The zero-order chi connectivity index (χ0) is 30.8. The molecule has 218 valence electrons. The third kappa shape index (κ3) is 16.7. The van der Waals surface area contributed by atoms with Gasteiger partial charge in [0.1, 0.15) is 17.3 Å². The van der Waals surface area contributed by atoms with E-state index >= 15 is 0 Å². The fourth-order valence-electron chi connectivity index (χ4n) is 2.62. The van der Waals surface area contributed by atoms with Gasteiger partial charge in [-0.1, -0.05) is 56.3 Å². The number of Topliss-reactive ketones (excluding diaryl/α,β-unsaturated/α-hetero) is 1. The molecular weight excluding hydrogens is 694 g/mol. The van der Waals surface area contributed by atoms with Crippen LogP contribution in [-0.2, 0) is 32.0 Å². The Labute approximate surface area is 259 Å². The van der Waals surface area contributed by atoms with Gasteiger partial charge in [0.25, 0.3) is 0 Å². The number of methoxy groups -OCH3 is 1. The number of hydrogen-bond donors (Lipinski definition) is 2. The number of benzene rings is 2. The molecule has 0 bridgehead atoms. The normalized spacial score (nSPS) is 10.3. The van der Waals surface area contributed by atoms with Crippen molar-refractivity contribution in [3.8, 4) is 0 Å². The molecule has 7 nitrogen and oxygen atoms in total. The van der Waals surface area contributed by atoms with Gasteiger partial charge in [-0.3, -0.25) is 9.79 Å². The SMILES string of the molecule is CC(=O)C(=O)O.COC(=O)C(C)=NCC(=S)CCc1cc(F)ccc1Br.NCC(=S)CCc1cc(F)ccc1Br. The van der Waals surface area contributed by atoms with Gasteiger partial charge in [0.05, 0.1) is 13.7 Å². The zero-order valence-electron chi connectivity index (χ0n) is 22.1. The van der Waals surface area contributed by atoms with Crippen molar-refractivity contribution >= 4 is 89.5 Å². The van der Waals surface area contributed by atoms with Crippen molar-refractivity contribution in [2.45, 2.75) is 39.5 Å². The van der Waals surface area contributed by atoms with Crippen LogP contribution in [0.25, 0.3) is 0 Å². The summed E-state index contributed by atoms with van der Waals surface area (Å²) in [4.78, 5) is 35.6. The van der Waals surface area contributed by atoms with Crippen molar-refractivity contribution in [1.82, 2.24) is 0 Å². The van der Waals surface area contributed by atoms with E-state index in [1.54, 1.807) is 19.1 Å². The summed E-state index contributed by atoms with van der Waals surface area (Å²) in [6.07, 6.45) is 2.70. The van der Waals surface area contributed by atoms with Gasteiger partial charge in [0.15, 0.2) is 0 Å². The van der Waals surface area contributed by atoms with Crippen molar-refractivity contribution in [3.05, 3.63) is 68.1 Å². The van der Waals surface area contributed by atoms with Crippen molar-refractivity contribution in [1.29, 1.82) is 0 Å². The second-order valence-corrected chi connectivity index (χ2v) is 10.9. The molecule has 2 aromatic rings. The quantitative estimate of drug-likeness (QED) is 0.125. The molecule has 0 atom stereocenters. The average molecular weight is 724 g/mol. The van der Waals surface area contributed by atoms with E-state index in [-0.39, 0.29) is 11.6 Å². The number of aliphatic imine (C=N–C) groups is 1. The van der Waals surface area contributed by atoms with Crippen LogP contribution in [0.15, 0.2) is 50.3 Å². The predicted octanol–water partition coefficient (Wildman–Crippen LogP) is 6.03. The van der Waals surface area contributed by atoms with Crippen LogP contribution in [0.5, 0.6) is 0 Å². The maximum absolute atomic E-state index is 13.1. The summed E-state index contributed by atoms with van der Waals surface area (Å²) < 4.78 is 32.3. The highest BCUT2D eigenvalue weighted by Gasteiger charge is 2.07. The number of carbonyl (C=O) groups excluding carboxylic acids is 2. The molecule has 13 heteroatoms. The molecule has 0 aliphatic heterocycles. The van der Waals surface area contributed by atoms with Gasteiger partial charge < -0.3 is 15.6 Å². The third-order valence-corrected chi connectivity index (χ3v) is 7.12. The zero-order valence-corrected chi connectivity index (χ0v) is 26.9. The summed E-state index contributed by atoms with van der Waals surface area (Å²) in [5, 5.41) is 7.64. The van der Waals surface area contributed by atoms with Crippen LogP contribution >= 0.6 is 56.3 Å². The first kappa shape index (κ1) is 37.7. The lowest BCUT2D eigenvalue weighted by Gasteiger charge is -2.05. The first-order valence-electron chi connectivity index (χ1n) is 11.7. The number of ether oxygens (including phenoxy) is 1. The number of halogens is 4. The number of nitrogens with two attached hydrogens (primary N) is 1. The van der Waals surface area contributed by atoms with E-state index in [9.17, 15) is 23.2 Å². The summed E-state index contributed by atoms with van der Waals surface area (Å²) in [6.45, 7) is 3.30. The molecule has 2 rings (SSSR count). The molecule has 0 aromatic heterocycles. The highest BCUT2D eigenvalue weighted by molar-refractivity contribution is 9.10. The minimum Gasteiger partial charge on any atom is -0.476 e. The highest BCUT2D eigenvalue weighted by atomic mass is 79.9. The van der Waals surface area contributed by atoms with E-state index in [1.165, 1.54) is 31.4 Å². The molecule has 40 heavy (non-hydrogen) atoms. The van der Waals surface area contributed by atoms with Crippen LogP contribution in [0.1, 0.15) is 37.8 Å². The first-order chi connectivity index (χ1) is 18.7. The summed E-state index contributed by atoms with van der Waals surface area (Å²) in [5.41, 5.74) is 7.46. The van der Waals surface area contributed by atoms with E-state index in [0.717, 1.165) is 44.7 Å². The number of carboxylic acid groups (broad SMARTS) is 1. The van der Waals surface area contributed by atoms with Gasteiger partial charge in [0.2, 0.25) is 5.78 Å². The molecule has 0 saturated carbocycles. The fraction of sp³-hybridized carbons (Fsp3) is 0.333. The molecule has 0 fully saturated rings. The predicted molar refractivity (Wildman–Crippen MR) is 167 cm³/mol. The van der Waals surface area contributed by atoms with Crippen LogP contribution < -0.4 is 5.73 Å². The van der Waals surface area contributed by atoms with Crippen LogP contribution in [0.3, 0.4) is 0 Å². The van der Waals surface area contributed by atoms with E-state index in [4.69, 9.17) is 35.3 Å². The lowest BCUT2D eigenvalue weighted by atomic mass is 10.1. The summed E-state index contributed by atoms with van der Waals surface area (Å²) in [7, 11) is 1.31. The molecular formula is C27H30Br2F2N2O5S2. The number of aliphatic carboxylic acids is 1. The van der Waals surface area contributed by atoms with Crippen LogP contribution in [0.2, 0.25) is 0 Å². The summed E-state index contributed by atoms with van der Waals surface area (Å²) in [5.74, 6) is -3.15. The van der Waals surface area contributed by atoms with Gasteiger partial charge >= 0.3 is 11.9 Å². The topological polar surface area (TPSA) is 119 Å². The molecule has 0 radical (unpaired) electrons. The number of carbonyl (C=O) groups is 3. The molecule has 0 aliphatic rings. The molecule has 0 spiro atoms. The van der Waals surface area contributed by atoms with E-state index in [1.807, 2.05) is 0 Å². The third-order valence-electron chi connectivity index (χ3n) is 4.86. The Hall–Kier alpha value is -2.32. The molecule has 0 heterocycles. The van der Waals surface area contributed by atoms with E-state index in [0.29, 0.717) is 36.5 Å². The Balaban J connectivity index is 0.000000657. The van der Waals surface area contributed by atoms with E-state index < -0.39 is 17.7 Å². The van der Waals surface area contributed by atoms with Crippen molar-refractivity contribution in [2.75, 3.05) is 20.2 Å². The van der Waals surface area contributed by atoms with Crippen molar-refractivity contribution in [2.24, 2.45) is 10.7 Å². The Morgan fingerprint density at radius 3 is 1.73 bits per heavy atom. The summed E-state index contributed by atoms with van der Waals surface area (Å²) >= 11 is 16.9. The van der Waals surface area contributed by atoms with Gasteiger partial charge in [-0.25, -0.2) is 18.4 Å². The number of ketones is 1. The second kappa shape index (κ2) is 20.5. The number of hydrogen-bond acceptors (Lipinski definition) is 8. The molecule has 0 saturated heterocycles. The van der Waals surface area contributed by atoms with Crippen molar-refractivity contribution in [3.63, 3.8) is 0 Å². The number of carboxylic acids is 1. The maximum Gasteiger partial charge on any atom is 0.371 e. The smallest absolute Gasteiger partial charge is 0.371 e. The number of thiocarbonyl (C=S) groups is 2. The van der Waals surface area contributed by atoms with Gasteiger partial charge in [-0.15, -0.1) is 0 Å². The number of esters is 1. The molecule has 2 aromatic carbocycles. The fourth-order valence-corrected chi connectivity index (χ4v) is 3.78. The van der Waals surface area contributed by atoms with Gasteiger partial charge in [-0.2, -0.15) is 0 Å². The highest BCUT2D eigenvalue weighted by Crippen LogP contribution is 2.20. The Bertz CT molecular complexity index is 1230. The first-order valence-corrected chi connectivity index (χ1v) is 14.1. The Morgan fingerprint density at radius 1 is 0.925 bits per heavy atom. The number of aryl methyl sites for hydroxylation is 2. The minimum atomic E-state index is -1.38. The van der Waals surface area contributed by atoms with Gasteiger partial charge in [0, 0.05) is 32.1 Å². The number of nitrogens with zero attached hydrogens (tertiary/aromatic N) is 1. The second-order valence-electron chi connectivity index (χ2n) is 8.01. The lowest BCUT2D eigenvalue weighted by Crippen LogP contribution is -2.14. The summed E-state index contributed by atoms with van der Waals surface area (Å²) in [6, 6.07) is 9.20. The standard InChI is InChI=1S/C14H15BrFNO2S.C10H11BrFNS.C3H4O3/c1-9(14(18)19-2)17-8-12(20)5-3-10-7-11(16)4-6-13(10)15;11-10-4-2-8(12)5-7(10)1-3-9(14)6-13;1-2(4)3(5)6/h4,6-7H,3,5,8H2,1-2H3;2,4-5H,1,3,6,13H2;1H3,(H,5,6). The number of rotatable bonds is 11. The molecule has 0 unspecified atom stereocenters. The molecule has 0 aliphatic carbocycles. The minimum absolute atomic E-state index is 0.220.